The van der Waals surface area contributed by atoms with Crippen molar-refractivity contribution in [1.29, 1.82) is 0 Å². The molecule has 2 heterocycles. The molecular weight excluding hydrogens is 282 g/mol. The highest BCUT2D eigenvalue weighted by Gasteiger charge is 2.25. The molecule has 3 nitrogen and oxygen atoms in total. The Bertz CT molecular complexity index is 523. The van der Waals surface area contributed by atoms with E-state index in [0.717, 1.165) is 13.1 Å². The van der Waals surface area contributed by atoms with E-state index in [4.69, 9.17) is 4.99 Å². The molecule has 1 aromatic carbocycles. The summed E-state index contributed by atoms with van der Waals surface area (Å²) in [6.45, 7) is 5.43. The molecule has 2 aliphatic heterocycles. The van der Waals surface area contributed by atoms with Crippen molar-refractivity contribution < 1.29 is 0 Å². The summed E-state index contributed by atoms with van der Waals surface area (Å²) < 4.78 is 0. The van der Waals surface area contributed by atoms with Gasteiger partial charge in [-0.1, -0.05) is 37.6 Å². The highest BCUT2D eigenvalue weighted by molar-refractivity contribution is 5.83. The summed E-state index contributed by atoms with van der Waals surface area (Å²) in [6, 6.07) is 9.11. The number of rotatable bonds is 6. The maximum atomic E-state index is 4.77. The van der Waals surface area contributed by atoms with Crippen LogP contribution in [0.15, 0.2) is 29.3 Å². The lowest BCUT2D eigenvalue weighted by molar-refractivity contribution is 0.240. The van der Waals surface area contributed by atoms with Crippen molar-refractivity contribution in [2.75, 3.05) is 13.1 Å². The highest BCUT2D eigenvalue weighted by atomic mass is 15.3. The minimum absolute atomic E-state index is 0.468. The van der Waals surface area contributed by atoms with Gasteiger partial charge in [-0.25, -0.2) is 0 Å². The molecule has 3 heteroatoms. The van der Waals surface area contributed by atoms with Gasteiger partial charge in [-0.15, -0.1) is 0 Å². The Kier molecular flexibility index (Phi) is 6.09. The number of hydrogen-bond donors (Lipinski definition) is 1. The first-order chi connectivity index (χ1) is 11.4. The van der Waals surface area contributed by atoms with Crippen molar-refractivity contribution in [1.82, 2.24) is 10.2 Å². The van der Waals surface area contributed by atoms with Crippen molar-refractivity contribution in [3.05, 3.63) is 35.4 Å². The van der Waals surface area contributed by atoms with Gasteiger partial charge in [0.2, 0.25) is 0 Å². The largest absolute Gasteiger partial charge is 0.345 e. The second-order valence-electron chi connectivity index (χ2n) is 6.91. The fourth-order valence-electron chi connectivity index (χ4n) is 3.73. The van der Waals surface area contributed by atoms with Crippen molar-refractivity contribution >= 4 is 5.84 Å². The molecule has 1 N–H and O–H groups in total. The monoisotopic (exact) mass is 313 g/mol. The maximum Gasteiger partial charge on any atom is 0.100 e. The number of unbranched alkanes of at least 4 members (excludes halogenated alkanes) is 1. The minimum atomic E-state index is 0.468. The number of amidine groups is 1. The standard InChI is InChI=1S/C20H31N3/c1-2-3-8-17-9-6-10-18(15-17)16-22-20-12-5-4-11-19-21-13-7-14-23(19)20/h6,9-10,15,20,22H,2-5,7-8,11-14,16H2,1H3. The molecule has 1 unspecified atom stereocenters. The third-order valence-electron chi connectivity index (χ3n) is 5.04. The topological polar surface area (TPSA) is 27.6 Å². The summed E-state index contributed by atoms with van der Waals surface area (Å²) >= 11 is 0. The van der Waals surface area contributed by atoms with Crippen LogP contribution < -0.4 is 5.32 Å². The first kappa shape index (κ1) is 16.5. The van der Waals surface area contributed by atoms with Gasteiger partial charge in [-0.05, 0) is 49.7 Å². The Morgan fingerprint density at radius 2 is 2.13 bits per heavy atom. The molecule has 1 aromatic rings. The predicted molar refractivity (Wildman–Crippen MR) is 97.8 cm³/mol. The molecule has 0 bridgehead atoms. The number of aryl methyl sites for hydroxylation is 1. The molecule has 0 aromatic heterocycles. The molecule has 126 valence electrons. The van der Waals surface area contributed by atoms with Crippen LogP contribution in [-0.2, 0) is 13.0 Å². The van der Waals surface area contributed by atoms with Crippen LogP contribution in [0, 0.1) is 0 Å². The van der Waals surface area contributed by atoms with Crippen molar-refractivity contribution in [2.24, 2.45) is 4.99 Å². The lowest BCUT2D eigenvalue weighted by atomic mass is 10.1. The third kappa shape index (κ3) is 4.57. The summed E-state index contributed by atoms with van der Waals surface area (Å²) in [5.41, 5.74) is 2.89. The molecule has 1 saturated heterocycles. The molecule has 0 amide bonds. The van der Waals surface area contributed by atoms with E-state index in [-0.39, 0.29) is 0 Å². The SMILES string of the molecule is CCCCc1cccc(CNC2CCCCC3=NCCCN32)c1. The summed E-state index contributed by atoms with van der Waals surface area (Å²) in [7, 11) is 0. The molecule has 1 atom stereocenters. The van der Waals surface area contributed by atoms with Gasteiger partial charge in [0, 0.05) is 26.1 Å². The molecule has 23 heavy (non-hydrogen) atoms. The zero-order valence-electron chi connectivity index (χ0n) is 14.6. The fourth-order valence-corrected chi connectivity index (χ4v) is 3.73. The summed E-state index contributed by atoms with van der Waals surface area (Å²) in [6.07, 6.45) is 10.4. The Labute approximate surface area is 141 Å². The average Bonchev–Trinajstić information content (AvgIpc) is 2.81. The van der Waals surface area contributed by atoms with Crippen molar-refractivity contribution in [2.45, 2.75) is 71.0 Å². The van der Waals surface area contributed by atoms with Crippen LogP contribution in [0.5, 0.6) is 0 Å². The van der Waals surface area contributed by atoms with E-state index in [9.17, 15) is 0 Å². The van der Waals surface area contributed by atoms with Gasteiger partial charge in [0.25, 0.3) is 0 Å². The molecule has 3 rings (SSSR count). The van der Waals surface area contributed by atoms with Crippen molar-refractivity contribution in [3.8, 4) is 0 Å². The first-order valence-corrected chi connectivity index (χ1v) is 9.48. The van der Waals surface area contributed by atoms with Crippen LogP contribution in [0.4, 0.5) is 0 Å². The smallest absolute Gasteiger partial charge is 0.100 e. The maximum absolute atomic E-state index is 4.77. The Morgan fingerprint density at radius 3 is 3.04 bits per heavy atom. The zero-order chi connectivity index (χ0) is 15.9. The lowest BCUT2D eigenvalue weighted by Gasteiger charge is -2.35. The molecule has 0 radical (unpaired) electrons. The third-order valence-corrected chi connectivity index (χ3v) is 5.04. The Hall–Kier alpha value is -1.35. The molecule has 1 fully saturated rings. The minimum Gasteiger partial charge on any atom is -0.345 e. The van der Waals surface area contributed by atoms with E-state index in [1.165, 1.54) is 74.9 Å². The molecule has 0 saturated carbocycles. The Balaban J connectivity index is 1.60. The number of nitrogens with zero attached hydrogens (tertiary/aromatic N) is 2. The molecule has 0 spiro atoms. The van der Waals surface area contributed by atoms with Gasteiger partial charge >= 0.3 is 0 Å². The highest BCUT2D eigenvalue weighted by Crippen LogP contribution is 2.20. The van der Waals surface area contributed by atoms with E-state index < -0.39 is 0 Å². The van der Waals surface area contributed by atoms with Crippen LogP contribution in [-0.4, -0.2) is 30.0 Å². The van der Waals surface area contributed by atoms with E-state index >= 15 is 0 Å². The van der Waals surface area contributed by atoms with Crippen molar-refractivity contribution in [3.63, 3.8) is 0 Å². The van der Waals surface area contributed by atoms with Gasteiger partial charge < -0.3 is 4.90 Å². The van der Waals surface area contributed by atoms with E-state index in [1.54, 1.807) is 0 Å². The second-order valence-corrected chi connectivity index (χ2v) is 6.91. The number of aliphatic imine (C=N–C) groups is 1. The van der Waals surface area contributed by atoms with Gasteiger partial charge in [-0.3, -0.25) is 10.3 Å². The number of benzene rings is 1. The number of fused-ring (bicyclic) bond motifs is 1. The van der Waals surface area contributed by atoms with Gasteiger partial charge in [0.05, 0.1) is 6.17 Å². The van der Waals surface area contributed by atoms with E-state index in [2.05, 4.69) is 41.4 Å². The van der Waals surface area contributed by atoms with Gasteiger partial charge in [0.15, 0.2) is 0 Å². The normalized spacial score (nSPS) is 21.5. The zero-order valence-corrected chi connectivity index (χ0v) is 14.6. The molecule has 2 aliphatic rings. The number of hydrogen-bond acceptors (Lipinski definition) is 3. The first-order valence-electron chi connectivity index (χ1n) is 9.48. The summed E-state index contributed by atoms with van der Waals surface area (Å²) in [4.78, 5) is 7.31. The second kappa shape index (κ2) is 8.49. The van der Waals surface area contributed by atoms with Gasteiger partial charge in [-0.2, -0.15) is 0 Å². The average molecular weight is 313 g/mol. The van der Waals surface area contributed by atoms with Crippen LogP contribution in [0.25, 0.3) is 0 Å². The molecular formula is C20H31N3. The summed E-state index contributed by atoms with van der Waals surface area (Å²) in [5.74, 6) is 1.35. The quantitative estimate of drug-likeness (QED) is 0.855. The van der Waals surface area contributed by atoms with Crippen LogP contribution in [0.2, 0.25) is 0 Å². The van der Waals surface area contributed by atoms with Gasteiger partial charge in [0.1, 0.15) is 5.84 Å². The van der Waals surface area contributed by atoms with E-state index in [0.29, 0.717) is 6.17 Å². The van der Waals surface area contributed by atoms with Crippen LogP contribution in [0.1, 0.15) is 63.0 Å². The van der Waals surface area contributed by atoms with E-state index in [1.807, 2.05) is 0 Å². The Morgan fingerprint density at radius 1 is 1.22 bits per heavy atom. The van der Waals surface area contributed by atoms with Crippen LogP contribution in [0.3, 0.4) is 0 Å². The fraction of sp³-hybridized carbons (Fsp3) is 0.650. The predicted octanol–water partition coefficient (Wildman–Crippen LogP) is 4.12. The van der Waals surface area contributed by atoms with Crippen LogP contribution >= 0.6 is 0 Å². The summed E-state index contributed by atoms with van der Waals surface area (Å²) in [5, 5.41) is 3.81. The number of nitrogens with one attached hydrogen (secondary N) is 1. The molecule has 0 aliphatic carbocycles. The lowest BCUT2D eigenvalue weighted by Crippen LogP contribution is -2.49.